The van der Waals surface area contributed by atoms with Gasteiger partial charge in [0, 0.05) is 11.1 Å². The van der Waals surface area contributed by atoms with Crippen LogP contribution in [0.15, 0.2) is 197 Å². The van der Waals surface area contributed by atoms with Gasteiger partial charge in [-0.1, -0.05) is 169 Å². The number of oxime groups is 1. The highest BCUT2D eigenvalue weighted by Gasteiger charge is 2.55. The number of rotatable bonds is 14. The second-order valence-corrected chi connectivity index (χ2v) is 17.7. The van der Waals surface area contributed by atoms with Crippen molar-refractivity contribution in [2.24, 2.45) is 5.16 Å². The van der Waals surface area contributed by atoms with Crippen LogP contribution in [-0.2, 0) is 24.7 Å². The molecule has 1 unspecified atom stereocenters. The van der Waals surface area contributed by atoms with E-state index in [0.29, 0.717) is 39.1 Å². The van der Waals surface area contributed by atoms with Crippen molar-refractivity contribution in [1.29, 1.82) is 0 Å². The number of nitrogens with zero attached hydrogens (tertiary/aromatic N) is 4. The number of β-lactam (4-membered cyclic amide) rings is 1. The van der Waals surface area contributed by atoms with Crippen molar-refractivity contribution < 1.29 is 23.6 Å². The smallest absolute Gasteiger partial charge is 0.276 e. The first-order valence-corrected chi connectivity index (χ1v) is 23.4. The Bertz CT molecular complexity index is 2920. The Hall–Kier alpha value is -7.39. The number of para-hydroxylation sites is 2. The maximum Gasteiger partial charge on any atom is 0.276 e. The summed E-state index contributed by atoms with van der Waals surface area (Å²) in [6.07, 6.45) is -0.583. The summed E-state index contributed by atoms with van der Waals surface area (Å²) in [7, 11) is 1.36. The number of amides is 2. The number of hydrogen-bond donors (Lipinski definition) is 2. The van der Waals surface area contributed by atoms with Crippen molar-refractivity contribution in [2.75, 3.05) is 18.2 Å². The Morgan fingerprint density at radius 3 is 1.89 bits per heavy atom. The van der Waals surface area contributed by atoms with Crippen molar-refractivity contribution in [3.8, 4) is 0 Å². The Morgan fingerprint density at radius 2 is 1.33 bits per heavy atom. The van der Waals surface area contributed by atoms with Crippen molar-refractivity contribution >= 4 is 79.7 Å². The number of ether oxygens (including phenoxy) is 1. The molecule has 326 valence electrons. The summed E-state index contributed by atoms with van der Waals surface area (Å²) in [4.78, 5) is 45.3. The second-order valence-electron chi connectivity index (χ2n) is 15.4. The van der Waals surface area contributed by atoms with Gasteiger partial charge in [-0.25, -0.2) is 9.97 Å². The third-order valence-electron chi connectivity index (χ3n) is 11.5. The van der Waals surface area contributed by atoms with Crippen molar-refractivity contribution in [3.63, 3.8) is 0 Å². The molecule has 10 rings (SSSR count). The molecule has 0 saturated carbocycles. The first-order valence-electron chi connectivity index (χ1n) is 21.1. The molecule has 2 amide bonds. The van der Waals surface area contributed by atoms with Gasteiger partial charge in [-0.3, -0.25) is 14.5 Å². The van der Waals surface area contributed by atoms with Crippen LogP contribution in [0, 0.1) is 0 Å². The molecule has 6 aromatic carbocycles. The topological polar surface area (TPSA) is 131 Å². The van der Waals surface area contributed by atoms with E-state index in [1.807, 2.05) is 140 Å². The van der Waals surface area contributed by atoms with Crippen LogP contribution in [0.1, 0.15) is 45.5 Å². The lowest BCUT2D eigenvalue weighted by molar-refractivity contribution is -0.144. The zero-order valence-corrected chi connectivity index (χ0v) is 37.8. The van der Waals surface area contributed by atoms with Crippen LogP contribution in [0.5, 0.6) is 0 Å². The Morgan fingerprint density at radius 1 is 0.788 bits per heavy atom. The Kier molecular flexibility index (Phi) is 12.0. The molecule has 14 heteroatoms. The Balaban J connectivity index is 0.946. The first-order chi connectivity index (χ1) is 32.4. The summed E-state index contributed by atoms with van der Waals surface area (Å²) >= 11 is 8.92. The third kappa shape index (κ3) is 8.03. The Labute approximate surface area is 394 Å². The molecule has 2 atom stereocenters. The lowest BCUT2D eigenvalue weighted by Gasteiger charge is -2.50. The highest BCUT2D eigenvalue weighted by molar-refractivity contribution is 8.00. The number of oxazole rings is 1. The number of thioether (sulfide) groups is 1. The normalized spacial score (nSPS) is 16.1. The van der Waals surface area contributed by atoms with Gasteiger partial charge in [-0.05, 0) is 52.2 Å². The minimum Gasteiger partial charge on any atom is -0.469 e. The van der Waals surface area contributed by atoms with Gasteiger partial charge in [0.25, 0.3) is 11.8 Å². The summed E-state index contributed by atoms with van der Waals surface area (Å²) in [5, 5.41) is 12.7. The zero-order valence-electron chi connectivity index (χ0n) is 35.3. The summed E-state index contributed by atoms with van der Waals surface area (Å²) in [6.45, 7) is 0. The lowest BCUT2D eigenvalue weighted by Crippen LogP contribution is -2.71. The van der Waals surface area contributed by atoms with Gasteiger partial charge in [0.2, 0.25) is 10.9 Å². The molecular formula is C52H40N6O5S3. The van der Waals surface area contributed by atoms with Crippen LogP contribution in [-0.4, -0.2) is 61.7 Å². The fraction of sp³-hybridized carbons (Fsp3) is 0.115. The molecule has 1 fully saturated rings. The van der Waals surface area contributed by atoms with E-state index in [1.165, 1.54) is 30.2 Å². The van der Waals surface area contributed by atoms with Crippen molar-refractivity contribution in [3.05, 3.63) is 226 Å². The van der Waals surface area contributed by atoms with Crippen LogP contribution < -0.4 is 10.6 Å². The molecule has 8 aromatic rings. The first kappa shape index (κ1) is 42.6. The number of hydrogen-bond acceptors (Lipinski definition) is 12. The van der Waals surface area contributed by atoms with Gasteiger partial charge in [0.05, 0.1) is 5.57 Å². The van der Waals surface area contributed by atoms with Crippen molar-refractivity contribution in [2.45, 2.75) is 23.1 Å². The number of thiazole rings is 1. The van der Waals surface area contributed by atoms with E-state index in [-0.39, 0.29) is 22.4 Å². The number of nitrogens with one attached hydrogen (secondary N) is 2. The molecule has 2 aromatic heterocycles. The molecule has 66 heavy (non-hydrogen) atoms. The lowest BCUT2D eigenvalue weighted by atomic mass is 9.77. The minimum atomic E-state index is -0.940. The van der Waals surface area contributed by atoms with E-state index >= 15 is 0 Å². The fourth-order valence-corrected chi connectivity index (χ4v) is 10.8. The average molecular weight is 925 g/mol. The summed E-state index contributed by atoms with van der Waals surface area (Å²) in [6, 6.07) is 56.6. The molecule has 4 heterocycles. The number of carbonyl (C=O) groups excluding carboxylic acids is 2. The van der Waals surface area contributed by atoms with E-state index in [9.17, 15) is 9.59 Å². The van der Waals surface area contributed by atoms with Crippen LogP contribution >= 0.6 is 35.3 Å². The number of fused-ring (bicyclic) bond motifs is 2. The molecule has 0 bridgehead atoms. The number of benzene rings is 6. The summed E-state index contributed by atoms with van der Waals surface area (Å²) < 4.78 is 13.0. The van der Waals surface area contributed by atoms with Gasteiger partial charge in [-0.2, -0.15) is 0 Å². The van der Waals surface area contributed by atoms with E-state index in [0.717, 1.165) is 27.8 Å². The van der Waals surface area contributed by atoms with Gasteiger partial charge in [0.1, 0.15) is 47.1 Å². The highest BCUT2D eigenvalue weighted by atomic mass is 32.2. The predicted octanol–water partition coefficient (Wildman–Crippen LogP) is 9.98. The van der Waals surface area contributed by atoms with Gasteiger partial charge < -0.3 is 24.6 Å². The monoisotopic (exact) mass is 924 g/mol. The molecule has 1 saturated heterocycles. The number of aromatic nitrogens is 2. The quantitative estimate of drug-likeness (QED) is 0.0357. The van der Waals surface area contributed by atoms with E-state index in [2.05, 4.69) is 52.2 Å². The largest absolute Gasteiger partial charge is 0.469 e. The van der Waals surface area contributed by atoms with Crippen LogP contribution in [0.4, 0.5) is 5.13 Å². The molecule has 0 spiro atoms. The van der Waals surface area contributed by atoms with Crippen LogP contribution in [0.25, 0.3) is 16.7 Å². The molecule has 2 aliphatic rings. The summed E-state index contributed by atoms with van der Waals surface area (Å²) in [5.74, 6) is -0.325. The standard InChI is InChI=1S/C52H40N6O5S3/c1-61-57-42(40-32-66-51(54-40)56-52(35-23-11-4-12-24-35,36-25-13-5-14-26-36)37-27-15-6-16-28-37)46(59)55-43-48(60)58-44(38(31-65-49(43)58)47-53-39-29-17-18-30-41(39)62-47)50(64)63-45(33-19-7-2-8-20-33)34-21-9-3-10-22-34/h2-30,32,43,45,49H,31H2,1H3,(H,54,56)(H,55,59)/b57-42-/t43?,49-/m1/s1. The molecule has 0 radical (unpaired) electrons. The number of thiocarbonyl (C=S) groups is 1. The molecule has 2 N–H and O–H groups in total. The SMILES string of the molecule is CO/N=C(\C(=O)NC1C(=O)N2C(C(=S)OC(c3ccccc3)c3ccccc3)=C(c3nc4ccccc4o3)CS[C@H]12)c1csc(NC(c2ccccc2)(c2ccccc2)c2ccccc2)n1. The third-order valence-corrected chi connectivity index (χ3v) is 13.8. The molecule has 0 aliphatic carbocycles. The van der Waals surface area contributed by atoms with Gasteiger partial charge in [0.15, 0.2) is 16.4 Å². The molecular weight excluding hydrogens is 885 g/mol. The maximum absolute atomic E-state index is 14.5. The number of carbonyl (C=O) groups is 2. The molecule has 11 nitrogen and oxygen atoms in total. The second kappa shape index (κ2) is 18.6. The van der Waals surface area contributed by atoms with Gasteiger partial charge in [-0.15, -0.1) is 23.1 Å². The maximum atomic E-state index is 14.5. The van der Waals surface area contributed by atoms with E-state index < -0.39 is 29.0 Å². The fourth-order valence-electron chi connectivity index (χ4n) is 8.41. The van der Waals surface area contributed by atoms with Crippen LogP contribution in [0.2, 0.25) is 0 Å². The highest BCUT2D eigenvalue weighted by Crippen LogP contribution is 2.45. The number of anilines is 1. The summed E-state index contributed by atoms with van der Waals surface area (Å²) in [5.41, 5.74) is 6.32. The zero-order chi connectivity index (χ0) is 45.0. The molecule has 2 aliphatic heterocycles. The van der Waals surface area contributed by atoms with Crippen molar-refractivity contribution in [1.82, 2.24) is 20.2 Å². The van der Waals surface area contributed by atoms with Gasteiger partial charge >= 0.3 is 0 Å². The van der Waals surface area contributed by atoms with E-state index in [1.54, 1.807) is 10.3 Å². The average Bonchev–Trinajstić information content (AvgIpc) is 4.04. The minimum absolute atomic E-state index is 0.0889. The predicted molar refractivity (Wildman–Crippen MR) is 263 cm³/mol. The van der Waals surface area contributed by atoms with E-state index in [4.69, 9.17) is 36.2 Å². The van der Waals surface area contributed by atoms with Crippen LogP contribution in [0.3, 0.4) is 0 Å².